The highest BCUT2D eigenvalue weighted by Gasteiger charge is 2.33. The highest BCUT2D eigenvalue weighted by molar-refractivity contribution is 5.56. The lowest BCUT2D eigenvalue weighted by Crippen LogP contribution is -2.39. The first kappa shape index (κ1) is 11.3. The number of hydrogen-bond acceptors (Lipinski definition) is 2. The van der Waals surface area contributed by atoms with Crippen molar-refractivity contribution in [3.8, 4) is 0 Å². The molecule has 0 radical (unpaired) electrons. The van der Waals surface area contributed by atoms with Crippen LogP contribution < -0.4 is 10.6 Å². The van der Waals surface area contributed by atoms with Crippen molar-refractivity contribution in [2.24, 2.45) is 5.73 Å². The van der Waals surface area contributed by atoms with Gasteiger partial charge < -0.3 is 10.6 Å². The fourth-order valence-electron chi connectivity index (χ4n) is 2.04. The molecule has 1 heterocycles. The van der Waals surface area contributed by atoms with Crippen molar-refractivity contribution >= 4 is 5.69 Å². The number of rotatable bonds is 1. The van der Waals surface area contributed by atoms with Crippen LogP contribution in [0.2, 0.25) is 0 Å². The molecule has 88 valence electrons. The average Bonchev–Trinajstić information content (AvgIpc) is 2.21. The molecule has 2 nitrogen and oxygen atoms in total. The van der Waals surface area contributed by atoms with Crippen LogP contribution in [-0.4, -0.2) is 19.3 Å². The summed E-state index contributed by atoms with van der Waals surface area (Å²) in [5, 5.41) is 0. The molecule has 0 aromatic heterocycles. The maximum Gasteiger partial charge on any atom is 0.405 e. The third kappa shape index (κ3) is 2.29. The van der Waals surface area contributed by atoms with Gasteiger partial charge in [0.05, 0.1) is 0 Å². The van der Waals surface area contributed by atoms with E-state index in [0.717, 1.165) is 5.56 Å². The second-order valence-electron chi connectivity index (χ2n) is 3.99. The molecular weight excluding hydrogens is 217 g/mol. The number of benzene rings is 1. The number of alkyl halides is 3. The van der Waals surface area contributed by atoms with Gasteiger partial charge in [0.25, 0.3) is 0 Å². The summed E-state index contributed by atoms with van der Waals surface area (Å²) >= 11 is 0. The minimum atomic E-state index is -4.17. The van der Waals surface area contributed by atoms with Crippen molar-refractivity contribution in [3.05, 3.63) is 29.8 Å². The van der Waals surface area contributed by atoms with Gasteiger partial charge >= 0.3 is 6.18 Å². The topological polar surface area (TPSA) is 29.3 Å². The summed E-state index contributed by atoms with van der Waals surface area (Å²) < 4.78 is 37.1. The van der Waals surface area contributed by atoms with E-state index in [9.17, 15) is 13.2 Å². The second kappa shape index (κ2) is 3.97. The van der Waals surface area contributed by atoms with Gasteiger partial charge in [0, 0.05) is 18.3 Å². The van der Waals surface area contributed by atoms with Gasteiger partial charge in [-0.3, -0.25) is 0 Å². The van der Waals surface area contributed by atoms with E-state index in [1.54, 1.807) is 24.3 Å². The monoisotopic (exact) mass is 230 g/mol. The quantitative estimate of drug-likeness (QED) is 0.803. The second-order valence-corrected chi connectivity index (χ2v) is 3.99. The Hall–Kier alpha value is -1.23. The van der Waals surface area contributed by atoms with Crippen molar-refractivity contribution in [2.75, 3.05) is 18.0 Å². The molecule has 2 rings (SSSR count). The fourth-order valence-corrected chi connectivity index (χ4v) is 2.04. The largest absolute Gasteiger partial charge is 0.405 e. The van der Waals surface area contributed by atoms with E-state index in [1.165, 1.54) is 4.90 Å². The third-order valence-electron chi connectivity index (χ3n) is 2.76. The minimum Gasteiger partial charge on any atom is -0.362 e. The van der Waals surface area contributed by atoms with E-state index in [2.05, 4.69) is 0 Å². The lowest BCUT2D eigenvalue weighted by molar-refractivity contribution is -0.119. The van der Waals surface area contributed by atoms with Crippen LogP contribution in [0.5, 0.6) is 0 Å². The van der Waals surface area contributed by atoms with Crippen LogP contribution in [0.4, 0.5) is 18.9 Å². The molecule has 1 atom stereocenters. The molecule has 1 aromatic rings. The normalized spacial score (nSPS) is 20.8. The van der Waals surface area contributed by atoms with Crippen molar-refractivity contribution in [1.29, 1.82) is 0 Å². The average molecular weight is 230 g/mol. The van der Waals surface area contributed by atoms with Crippen LogP contribution in [0.25, 0.3) is 0 Å². The Labute approximate surface area is 91.8 Å². The van der Waals surface area contributed by atoms with E-state index in [0.29, 0.717) is 18.7 Å². The van der Waals surface area contributed by atoms with Gasteiger partial charge in [-0.05, 0) is 18.1 Å². The van der Waals surface area contributed by atoms with Crippen molar-refractivity contribution < 1.29 is 13.2 Å². The maximum atomic E-state index is 12.4. The number of halogens is 3. The van der Waals surface area contributed by atoms with Gasteiger partial charge in [0.1, 0.15) is 6.54 Å². The Kier molecular flexibility index (Phi) is 2.80. The summed E-state index contributed by atoms with van der Waals surface area (Å²) in [4.78, 5) is 1.35. The Bertz CT molecular complexity index is 376. The highest BCUT2D eigenvalue weighted by atomic mass is 19.4. The molecule has 1 aliphatic heterocycles. The molecule has 0 amide bonds. The molecule has 2 N–H and O–H groups in total. The molecule has 0 saturated heterocycles. The van der Waals surface area contributed by atoms with Gasteiger partial charge in [-0.2, -0.15) is 13.2 Å². The number of fused-ring (bicyclic) bond motifs is 1. The third-order valence-corrected chi connectivity index (χ3v) is 2.76. The van der Waals surface area contributed by atoms with Crippen molar-refractivity contribution in [2.45, 2.75) is 18.6 Å². The Morgan fingerprint density at radius 2 is 2.00 bits per heavy atom. The van der Waals surface area contributed by atoms with Gasteiger partial charge in [-0.25, -0.2) is 0 Å². The van der Waals surface area contributed by atoms with E-state index >= 15 is 0 Å². The first-order valence-corrected chi connectivity index (χ1v) is 5.13. The summed E-state index contributed by atoms with van der Waals surface area (Å²) in [5.74, 6) is 0. The van der Waals surface area contributed by atoms with Gasteiger partial charge in [-0.1, -0.05) is 18.2 Å². The van der Waals surface area contributed by atoms with Crippen LogP contribution in [0, 0.1) is 0 Å². The predicted octanol–water partition coefficient (Wildman–Crippen LogP) is 2.46. The smallest absolute Gasteiger partial charge is 0.362 e. The molecular formula is C11H13F3N2. The van der Waals surface area contributed by atoms with Crippen LogP contribution in [0.1, 0.15) is 18.0 Å². The van der Waals surface area contributed by atoms with Gasteiger partial charge in [0.2, 0.25) is 0 Å². The minimum absolute atomic E-state index is 0.152. The van der Waals surface area contributed by atoms with Gasteiger partial charge in [-0.15, -0.1) is 0 Å². The molecule has 0 saturated carbocycles. The van der Waals surface area contributed by atoms with E-state index in [4.69, 9.17) is 5.73 Å². The van der Waals surface area contributed by atoms with E-state index < -0.39 is 12.7 Å². The predicted molar refractivity (Wildman–Crippen MR) is 56.3 cm³/mol. The fraction of sp³-hybridized carbons (Fsp3) is 0.455. The lowest BCUT2D eigenvalue weighted by atomic mass is 9.97. The zero-order valence-corrected chi connectivity index (χ0v) is 8.67. The zero-order chi connectivity index (χ0) is 11.8. The molecule has 0 fully saturated rings. The van der Waals surface area contributed by atoms with E-state index in [-0.39, 0.29) is 6.04 Å². The van der Waals surface area contributed by atoms with Crippen LogP contribution in [-0.2, 0) is 0 Å². The number of nitrogens with zero attached hydrogens (tertiary/aromatic N) is 1. The number of nitrogens with two attached hydrogens (primary N) is 1. The molecule has 5 heteroatoms. The first-order valence-electron chi connectivity index (χ1n) is 5.13. The summed E-state index contributed by atoms with van der Waals surface area (Å²) in [6.45, 7) is -0.547. The molecule has 1 aromatic carbocycles. The van der Waals surface area contributed by atoms with Crippen LogP contribution >= 0.6 is 0 Å². The molecule has 0 bridgehead atoms. The molecule has 1 unspecified atom stereocenters. The van der Waals surface area contributed by atoms with Gasteiger partial charge in [0.15, 0.2) is 0 Å². The molecule has 0 spiro atoms. The number of anilines is 1. The summed E-state index contributed by atoms with van der Waals surface area (Å²) in [7, 11) is 0. The molecule has 16 heavy (non-hydrogen) atoms. The van der Waals surface area contributed by atoms with Crippen molar-refractivity contribution in [3.63, 3.8) is 0 Å². The zero-order valence-electron chi connectivity index (χ0n) is 8.67. The van der Waals surface area contributed by atoms with Crippen molar-refractivity contribution in [1.82, 2.24) is 0 Å². The van der Waals surface area contributed by atoms with Crippen LogP contribution in [0.15, 0.2) is 24.3 Å². The highest BCUT2D eigenvalue weighted by Crippen LogP contribution is 2.33. The summed E-state index contributed by atoms with van der Waals surface area (Å²) in [6.07, 6.45) is -3.61. The summed E-state index contributed by atoms with van der Waals surface area (Å²) in [6, 6.07) is 6.87. The Morgan fingerprint density at radius 1 is 1.31 bits per heavy atom. The standard InChI is InChI=1S/C11H13F3N2/c12-11(13,14)7-16-6-5-9(15)8-3-1-2-4-10(8)16/h1-4,9H,5-7,15H2. The SMILES string of the molecule is NC1CCN(CC(F)(F)F)c2ccccc21. The number of hydrogen-bond donors (Lipinski definition) is 1. The molecule has 1 aliphatic rings. The Balaban J connectivity index is 2.28. The number of para-hydroxylation sites is 1. The van der Waals surface area contributed by atoms with Crippen LogP contribution in [0.3, 0.4) is 0 Å². The first-order chi connectivity index (χ1) is 7.47. The Morgan fingerprint density at radius 3 is 2.69 bits per heavy atom. The molecule has 0 aliphatic carbocycles. The lowest BCUT2D eigenvalue weighted by Gasteiger charge is -2.34. The van der Waals surface area contributed by atoms with E-state index in [1.807, 2.05) is 0 Å². The summed E-state index contributed by atoms with van der Waals surface area (Å²) in [5.41, 5.74) is 7.28. The maximum absolute atomic E-state index is 12.4.